The van der Waals surface area contributed by atoms with Crippen molar-refractivity contribution in [3.05, 3.63) is 224 Å². The first-order valence-corrected chi connectivity index (χ1v) is 20.7. The Morgan fingerprint density at radius 3 is 1.89 bits per heavy atom. The van der Waals surface area contributed by atoms with E-state index in [0.717, 1.165) is 55.9 Å². The van der Waals surface area contributed by atoms with Crippen molar-refractivity contribution in [2.75, 3.05) is 4.90 Å². The maximum atomic E-state index is 6.55. The van der Waals surface area contributed by atoms with E-state index in [4.69, 9.17) is 9.40 Å². The van der Waals surface area contributed by atoms with E-state index in [2.05, 4.69) is 198 Å². The van der Waals surface area contributed by atoms with Crippen LogP contribution in [0.2, 0.25) is 0 Å². The Kier molecular flexibility index (Phi) is 8.13. The summed E-state index contributed by atoms with van der Waals surface area (Å²) >= 11 is 0. The van der Waals surface area contributed by atoms with Crippen molar-refractivity contribution in [1.82, 2.24) is 9.55 Å². The highest BCUT2D eigenvalue weighted by atomic mass is 16.3. The Morgan fingerprint density at radius 1 is 0.410 bits per heavy atom. The van der Waals surface area contributed by atoms with Gasteiger partial charge in [-0.15, -0.1) is 0 Å². The third kappa shape index (κ3) is 5.80. The van der Waals surface area contributed by atoms with Crippen LogP contribution in [0.25, 0.3) is 93.8 Å². The van der Waals surface area contributed by atoms with Crippen molar-refractivity contribution in [2.24, 2.45) is 0 Å². The van der Waals surface area contributed by atoms with Gasteiger partial charge in [0.15, 0.2) is 5.58 Å². The number of oxazole rings is 1. The van der Waals surface area contributed by atoms with Crippen LogP contribution in [0.15, 0.2) is 229 Å². The van der Waals surface area contributed by atoms with Crippen molar-refractivity contribution in [3.63, 3.8) is 0 Å². The average Bonchev–Trinajstić information content (AvgIpc) is 3.93. The second-order valence-electron chi connectivity index (χ2n) is 15.5. The molecule has 10 aromatic carbocycles. The molecule has 4 heteroatoms. The highest BCUT2D eigenvalue weighted by molar-refractivity contribution is 6.22. The van der Waals surface area contributed by atoms with Crippen LogP contribution in [-0.2, 0) is 0 Å². The van der Waals surface area contributed by atoms with Crippen LogP contribution >= 0.6 is 0 Å². The third-order valence-corrected chi connectivity index (χ3v) is 12.0. The molecule has 0 radical (unpaired) electrons. The van der Waals surface area contributed by atoms with Crippen LogP contribution < -0.4 is 4.90 Å². The second kappa shape index (κ2) is 14.3. The number of hydrogen-bond donors (Lipinski definition) is 0. The molecule has 4 nitrogen and oxygen atoms in total. The first-order chi connectivity index (χ1) is 30.3. The number of nitrogens with zero attached hydrogens (tertiary/aromatic N) is 3. The summed E-state index contributed by atoms with van der Waals surface area (Å²) in [6.45, 7) is 0. The summed E-state index contributed by atoms with van der Waals surface area (Å²) in [6.07, 6.45) is 0. The van der Waals surface area contributed by atoms with Gasteiger partial charge in [-0.05, 0) is 94.2 Å². The lowest BCUT2D eigenvalue weighted by Gasteiger charge is -2.28. The lowest BCUT2D eigenvalue weighted by Crippen LogP contribution is -2.11. The first-order valence-electron chi connectivity index (χ1n) is 20.7. The minimum atomic E-state index is 0.613. The van der Waals surface area contributed by atoms with Gasteiger partial charge < -0.3 is 13.9 Å². The largest absolute Gasteiger partial charge is 0.435 e. The van der Waals surface area contributed by atoms with Crippen molar-refractivity contribution in [1.29, 1.82) is 0 Å². The number of benzene rings is 10. The lowest BCUT2D eigenvalue weighted by molar-refractivity contribution is 0.621. The summed E-state index contributed by atoms with van der Waals surface area (Å²) in [4.78, 5) is 7.33. The monoisotopic (exact) mass is 779 g/mol. The first kappa shape index (κ1) is 34.8. The Balaban J connectivity index is 1.09. The summed E-state index contributed by atoms with van der Waals surface area (Å²) in [5.74, 6) is 0.613. The van der Waals surface area contributed by atoms with Gasteiger partial charge in [0.2, 0.25) is 5.89 Å². The SMILES string of the molecule is c1ccc(-c2nc3cccc(-c4cccc(N(c5ccc(-c6cccc7ccccc67)cc5)c5cc6c7ccccc7n(-c7ccccc7)c6c6ccccc56)c4)c3o2)cc1. The zero-order chi connectivity index (χ0) is 40.3. The number of hydrogen-bond acceptors (Lipinski definition) is 3. The predicted molar refractivity (Wildman–Crippen MR) is 254 cm³/mol. The van der Waals surface area contributed by atoms with Gasteiger partial charge in [0.05, 0.1) is 16.7 Å². The van der Waals surface area contributed by atoms with Crippen LogP contribution in [0.1, 0.15) is 0 Å². The molecule has 2 heterocycles. The molecule has 0 saturated carbocycles. The van der Waals surface area contributed by atoms with E-state index in [-0.39, 0.29) is 0 Å². The van der Waals surface area contributed by atoms with Crippen molar-refractivity contribution in [2.45, 2.75) is 0 Å². The number of para-hydroxylation sites is 3. The van der Waals surface area contributed by atoms with Gasteiger partial charge in [-0.3, -0.25) is 0 Å². The molecule has 0 unspecified atom stereocenters. The highest BCUT2D eigenvalue weighted by Gasteiger charge is 2.23. The summed E-state index contributed by atoms with van der Waals surface area (Å²) in [5.41, 5.74) is 13.7. The second-order valence-corrected chi connectivity index (χ2v) is 15.5. The number of aromatic nitrogens is 2. The fraction of sp³-hybridized carbons (Fsp3) is 0. The Labute approximate surface area is 352 Å². The molecule has 0 bridgehead atoms. The van der Waals surface area contributed by atoms with Gasteiger partial charge in [-0.25, -0.2) is 4.98 Å². The Bertz CT molecular complexity index is 3580. The van der Waals surface area contributed by atoms with Gasteiger partial charge >= 0.3 is 0 Å². The van der Waals surface area contributed by atoms with Crippen molar-refractivity contribution in [3.8, 4) is 39.4 Å². The topological polar surface area (TPSA) is 34.2 Å². The van der Waals surface area contributed by atoms with E-state index in [0.29, 0.717) is 5.89 Å². The standard InChI is InChI=1S/C57H37N3O/c1-3-17-40(18-4-1)57-58-52-30-15-29-47(56(52)61-57)41-20-13-23-44(36-41)59(43-34-32-39(33-35-43)46-28-14-19-38-16-7-8-24-45(38)46)54-37-51-49-26-11-12-31-53(49)60(42-21-5-2-6-22-42)55(51)50-27-10-9-25-48(50)54/h1-37H. The average molecular weight is 780 g/mol. The third-order valence-electron chi connectivity index (χ3n) is 12.0. The maximum Gasteiger partial charge on any atom is 0.227 e. The normalized spacial score (nSPS) is 11.6. The zero-order valence-electron chi connectivity index (χ0n) is 33.1. The molecular formula is C57H37N3O. The number of rotatable bonds is 7. The van der Waals surface area contributed by atoms with Crippen LogP contribution in [0, 0.1) is 0 Å². The van der Waals surface area contributed by atoms with Crippen molar-refractivity contribution >= 4 is 71.5 Å². The molecule has 0 spiro atoms. The molecule has 0 aliphatic carbocycles. The molecule has 0 saturated heterocycles. The molecule has 286 valence electrons. The summed E-state index contributed by atoms with van der Waals surface area (Å²) in [5, 5.41) is 7.22. The van der Waals surface area contributed by atoms with Crippen molar-refractivity contribution < 1.29 is 4.42 Å². The minimum Gasteiger partial charge on any atom is -0.435 e. The van der Waals surface area contributed by atoms with Crippen LogP contribution in [0.4, 0.5) is 17.1 Å². The molecule has 0 aliphatic rings. The maximum absolute atomic E-state index is 6.55. The summed E-state index contributed by atoms with van der Waals surface area (Å²) in [6, 6.07) is 80.0. The quantitative estimate of drug-likeness (QED) is 0.162. The minimum absolute atomic E-state index is 0.613. The van der Waals surface area contributed by atoms with Crippen LogP contribution in [0.3, 0.4) is 0 Å². The molecule has 0 fully saturated rings. The van der Waals surface area contributed by atoms with E-state index in [1.807, 2.05) is 36.4 Å². The fourth-order valence-electron chi connectivity index (χ4n) is 9.22. The Morgan fingerprint density at radius 2 is 1.05 bits per heavy atom. The summed E-state index contributed by atoms with van der Waals surface area (Å²) < 4.78 is 8.97. The predicted octanol–water partition coefficient (Wildman–Crippen LogP) is 15.7. The van der Waals surface area contributed by atoms with E-state index in [1.54, 1.807) is 0 Å². The summed E-state index contributed by atoms with van der Waals surface area (Å²) in [7, 11) is 0. The Hall–Kier alpha value is -8.21. The van der Waals surface area contributed by atoms with Gasteiger partial charge in [0.25, 0.3) is 0 Å². The molecule has 0 aliphatic heterocycles. The van der Waals surface area contributed by atoms with E-state index >= 15 is 0 Å². The highest BCUT2D eigenvalue weighted by Crippen LogP contribution is 2.46. The molecule has 0 atom stereocenters. The fourth-order valence-corrected chi connectivity index (χ4v) is 9.22. The van der Waals surface area contributed by atoms with Crippen LogP contribution in [-0.4, -0.2) is 9.55 Å². The van der Waals surface area contributed by atoms with Crippen LogP contribution in [0.5, 0.6) is 0 Å². The van der Waals surface area contributed by atoms with Gasteiger partial charge in [-0.2, -0.15) is 0 Å². The molecule has 61 heavy (non-hydrogen) atoms. The van der Waals surface area contributed by atoms with Gasteiger partial charge in [-0.1, -0.05) is 158 Å². The van der Waals surface area contributed by atoms with E-state index < -0.39 is 0 Å². The smallest absolute Gasteiger partial charge is 0.227 e. The molecule has 0 amide bonds. The molecular weight excluding hydrogens is 743 g/mol. The zero-order valence-corrected chi connectivity index (χ0v) is 33.1. The molecule has 12 rings (SSSR count). The molecule has 2 aromatic heterocycles. The van der Waals surface area contributed by atoms with Gasteiger partial charge in [0, 0.05) is 49.7 Å². The van der Waals surface area contributed by atoms with Gasteiger partial charge in [0.1, 0.15) is 5.52 Å². The van der Waals surface area contributed by atoms with E-state index in [1.165, 1.54) is 49.1 Å². The molecule has 12 aromatic rings. The molecule has 0 N–H and O–H groups in total. The number of anilines is 3. The number of fused-ring (bicyclic) bond motifs is 7. The lowest BCUT2D eigenvalue weighted by atomic mass is 9.97. The van der Waals surface area contributed by atoms with E-state index in [9.17, 15) is 0 Å².